The van der Waals surface area contributed by atoms with Crippen molar-refractivity contribution in [2.75, 3.05) is 11.5 Å². The quantitative estimate of drug-likeness (QED) is 0.835. The van der Waals surface area contributed by atoms with E-state index in [4.69, 9.17) is 0 Å². The molecule has 1 aromatic heterocycles. The summed E-state index contributed by atoms with van der Waals surface area (Å²) in [6.45, 7) is 0.370. The Hall–Kier alpha value is -1.73. The molecule has 7 heteroatoms. The standard InChI is InChI=1S/C16H19N3O3S/c20-16-15-4-2-1-3-12(15)9-17-19(16)11-18(13-5-6-13)14-7-8-23(21,22)10-14/h1-4,9,13-14H,5-8,10-11H2/t14-/m1/s1. The van der Waals surface area contributed by atoms with Crippen molar-refractivity contribution >= 4 is 20.6 Å². The molecular formula is C16H19N3O3S. The molecule has 0 unspecified atom stereocenters. The molecule has 0 radical (unpaired) electrons. The molecule has 6 nitrogen and oxygen atoms in total. The normalized spacial score (nSPS) is 23.6. The summed E-state index contributed by atoms with van der Waals surface area (Å²) < 4.78 is 25.0. The molecule has 2 aromatic rings. The maximum atomic E-state index is 12.6. The second kappa shape index (κ2) is 5.42. The number of sulfone groups is 1. The molecule has 1 atom stereocenters. The van der Waals surface area contributed by atoms with Crippen LogP contribution in [0, 0.1) is 0 Å². The zero-order valence-corrected chi connectivity index (χ0v) is 13.6. The number of hydrogen-bond donors (Lipinski definition) is 0. The monoisotopic (exact) mass is 333 g/mol. The van der Waals surface area contributed by atoms with E-state index in [0.29, 0.717) is 24.5 Å². The van der Waals surface area contributed by atoms with E-state index < -0.39 is 9.84 Å². The molecule has 0 amide bonds. The van der Waals surface area contributed by atoms with E-state index >= 15 is 0 Å². The second-order valence-electron chi connectivity index (χ2n) is 6.48. The first-order valence-corrected chi connectivity index (χ1v) is 9.77. The van der Waals surface area contributed by atoms with E-state index in [1.165, 1.54) is 4.68 Å². The Balaban J connectivity index is 1.65. The van der Waals surface area contributed by atoms with E-state index in [1.54, 1.807) is 12.3 Å². The van der Waals surface area contributed by atoms with Crippen molar-refractivity contribution in [3.05, 3.63) is 40.8 Å². The number of rotatable bonds is 4. The Morgan fingerprint density at radius 3 is 2.65 bits per heavy atom. The highest BCUT2D eigenvalue weighted by Crippen LogP contribution is 2.32. The van der Waals surface area contributed by atoms with Gasteiger partial charge in [-0.15, -0.1) is 0 Å². The molecule has 0 spiro atoms. The Morgan fingerprint density at radius 1 is 1.17 bits per heavy atom. The van der Waals surface area contributed by atoms with Gasteiger partial charge in [-0.2, -0.15) is 5.10 Å². The van der Waals surface area contributed by atoms with E-state index in [-0.39, 0.29) is 23.1 Å². The first kappa shape index (κ1) is 14.8. The zero-order chi connectivity index (χ0) is 16.0. The van der Waals surface area contributed by atoms with E-state index in [9.17, 15) is 13.2 Å². The molecular weight excluding hydrogens is 314 g/mol. The summed E-state index contributed by atoms with van der Waals surface area (Å²) in [5, 5.41) is 5.76. The van der Waals surface area contributed by atoms with Crippen molar-refractivity contribution in [1.82, 2.24) is 14.7 Å². The first-order chi connectivity index (χ1) is 11.0. The van der Waals surface area contributed by atoms with E-state index in [0.717, 1.165) is 18.2 Å². The van der Waals surface area contributed by atoms with Crippen LogP contribution in [-0.2, 0) is 16.5 Å². The van der Waals surface area contributed by atoms with Gasteiger partial charge in [-0.25, -0.2) is 13.1 Å². The van der Waals surface area contributed by atoms with Crippen molar-refractivity contribution in [3.8, 4) is 0 Å². The lowest BCUT2D eigenvalue weighted by Gasteiger charge is -2.27. The number of aromatic nitrogens is 2. The van der Waals surface area contributed by atoms with Crippen LogP contribution in [0.25, 0.3) is 10.8 Å². The molecule has 1 saturated carbocycles. The summed E-state index contributed by atoms with van der Waals surface area (Å²) in [7, 11) is -2.93. The van der Waals surface area contributed by atoms with Crippen LogP contribution in [0.15, 0.2) is 35.3 Å². The maximum absolute atomic E-state index is 12.6. The molecule has 1 saturated heterocycles. The fourth-order valence-electron chi connectivity index (χ4n) is 3.36. The van der Waals surface area contributed by atoms with Crippen LogP contribution in [0.2, 0.25) is 0 Å². The van der Waals surface area contributed by atoms with Gasteiger partial charge < -0.3 is 0 Å². The van der Waals surface area contributed by atoms with Crippen LogP contribution in [0.3, 0.4) is 0 Å². The zero-order valence-electron chi connectivity index (χ0n) is 12.8. The number of hydrogen-bond acceptors (Lipinski definition) is 5. The minimum absolute atomic E-state index is 0.00710. The third-order valence-corrected chi connectivity index (χ3v) is 6.50. The van der Waals surface area contributed by atoms with Crippen molar-refractivity contribution in [1.29, 1.82) is 0 Å². The van der Waals surface area contributed by atoms with Gasteiger partial charge in [0.15, 0.2) is 9.84 Å². The van der Waals surface area contributed by atoms with Gasteiger partial charge in [-0.3, -0.25) is 9.69 Å². The highest BCUT2D eigenvalue weighted by Gasteiger charge is 2.39. The van der Waals surface area contributed by atoms with Gasteiger partial charge in [0, 0.05) is 17.5 Å². The fourth-order valence-corrected chi connectivity index (χ4v) is 5.10. The highest BCUT2D eigenvalue weighted by molar-refractivity contribution is 7.91. The highest BCUT2D eigenvalue weighted by atomic mass is 32.2. The summed E-state index contributed by atoms with van der Waals surface area (Å²) in [5.74, 6) is 0.451. The molecule has 4 rings (SSSR count). The summed E-state index contributed by atoms with van der Waals surface area (Å²) in [5.41, 5.74) is -0.116. The van der Waals surface area contributed by atoms with Crippen LogP contribution in [0.1, 0.15) is 19.3 Å². The molecule has 2 heterocycles. The molecule has 1 aliphatic heterocycles. The van der Waals surface area contributed by atoms with Crippen molar-refractivity contribution in [3.63, 3.8) is 0 Å². The van der Waals surface area contributed by atoms with Crippen molar-refractivity contribution in [2.45, 2.75) is 38.0 Å². The molecule has 2 fully saturated rings. The van der Waals surface area contributed by atoms with Gasteiger partial charge >= 0.3 is 0 Å². The molecule has 1 aromatic carbocycles. The summed E-state index contributed by atoms with van der Waals surface area (Å²) in [6.07, 6.45) is 4.49. The summed E-state index contributed by atoms with van der Waals surface area (Å²) >= 11 is 0. The molecule has 1 aliphatic carbocycles. The van der Waals surface area contributed by atoms with Crippen LogP contribution in [-0.4, -0.2) is 46.7 Å². The maximum Gasteiger partial charge on any atom is 0.275 e. The predicted octanol–water partition coefficient (Wildman–Crippen LogP) is 1.01. The third kappa shape index (κ3) is 2.90. The summed E-state index contributed by atoms with van der Waals surface area (Å²) in [6, 6.07) is 7.79. The van der Waals surface area contributed by atoms with Crippen LogP contribution in [0.5, 0.6) is 0 Å². The SMILES string of the molecule is O=c1c2ccccc2cnn1CN(C1CC1)[C@@H]1CCS(=O)(=O)C1. The molecule has 122 valence electrons. The van der Waals surface area contributed by atoms with Crippen molar-refractivity contribution < 1.29 is 8.42 Å². The second-order valence-corrected chi connectivity index (χ2v) is 8.71. The topological polar surface area (TPSA) is 72.3 Å². The van der Waals surface area contributed by atoms with Gasteiger partial charge in [0.05, 0.1) is 29.8 Å². The molecule has 0 N–H and O–H groups in total. The Labute approximate surface area is 134 Å². The van der Waals surface area contributed by atoms with Gasteiger partial charge in [0.2, 0.25) is 0 Å². The minimum atomic E-state index is -2.93. The van der Waals surface area contributed by atoms with Gasteiger partial charge in [0.25, 0.3) is 5.56 Å². The first-order valence-electron chi connectivity index (χ1n) is 7.94. The number of nitrogens with zero attached hydrogens (tertiary/aromatic N) is 3. The van der Waals surface area contributed by atoms with Gasteiger partial charge in [-0.05, 0) is 25.3 Å². The largest absolute Gasteiger partial charge is 0.277 e. The van der Waals surface area contributed by atoms with Crippen molar-refractivity contribution in [2.24, 2.45) is 0 Å². The minimum Gasteiger partial charge on any atom is -0.277 e. The molecule has 23 heavy (non-hydrogen) atoms. The number of fused-ring (bicyclic) bond motifs is 1. The molecule has 2 aliphatic rings. The van der Waals surface area contributed by atoms with Gasteiger partial charge in [0.1, 0.15) is 0 Å². The summed E-state index contributed by atoms with van der Waals surface area (Å²) in [4.78, 5) is 14.8. The fraction of sp³-hybridized carbons (Fsp3) is 0.500. The lowest BCUT2D eigenvalue weighted by atomic mass is 10.2. The van der Waals surface area contributed by atoms with Crippen LogP contribution >= 0.6 is 0 Å². The average Bonchev–Trinajstić information content (AvgIpc) is 3.30. The third-order valence-electron chi connectivity index (χ3n) is 4.75. The molecule has 0 bridgehead atoms. The Morgan fingerprint density at radius 2 is 1.96 bits per heavy atom. The van der Waals surface area contributed by atoms with Gasteiger partial charge in [-0.1, -0.05) is 18.2 Å². The predicted molar refractivity (Wildman–Crippen MR) is 87.9 cm³/mol. The lowest BCUT2D eigenvalue weighted by molar-refractivity contribution is 0.143. The van der Waals surface area contributed by atoms with Crippen LogP contribution < -0.4 is 5.56 Å². The average molecular weight is 333 g/mol. The smallest absolute Gasteiger partial charge is 0.275 e. The lowest BCUT2D eigenvalue weighted by Crippen LogP contribution is -2.42. The Bertz CT molecular complexity index is 902. The van der Waals surface area contributed by atoms with E-state index in [1.807, 2.05) is 18.2 Å². The number of benzene rings is 1. The van der Waals surface area contributed by atoms with Crippen LogP contribution in [0.4, 0.5) is 0 Å². The Kier molecular flexibility index (Phi) is 3.50. The van der Waals surface area contributed by atoms with E-state index in [2.05, 4.69) is 10.00 Å².